The lowest BCUT2D eigenvalue weighted by molar-refractivity contribution is 0.104. The molecule has 2 heterocycles. The maximum Gasteiger partial charge on any atom is 0.235 e. The number of sulfonamides is 1. The predicted octanol–water partition coefficient (Wildman–Crippen LogP) is 4.18. The zero-order chi connectivity index (χ0) is 19.7. The first-order valence-electron chi connectivity index (χ1n) is 9.54. The molecule has 1 aromatic carbocycles. The van der Waals surface area contributed by atoms with E-state index < -0.39 is 10.0 Å². The first kappa shape index (κ1) is 18.7. The molecule has 0 saturated heterocycles. The highest BCUT2D eigenvalue weighted by Gasteiger charge is 2.27. The van der Waals surface area contributed by atoms with Gasteiger partial charge in [0, 0.05) is 34.6 Å². The number of aromatic amines is 1. The number of carbonyl (C=O) groups is 1. The number of carbonyl (C=O) groups excluding carboxylic acids is 1. The molecule has 0 unspecified atom stereocenters. The SMILES string of the molecule is Cc1cnc2[nH]cc(C(=O)c3cccc(NS(=O)(=O)C4CCCCC4)c3)c2c1. The Balaban J connectivity index is 1.61. The number of hydrogen-bond acceptors (Lipinski definition) is 4. The smallest absolute Gasteiger partial charge is 0.235 e. The number of pyridine rings is 1. The van der Waals surface area contributed by atoms with E-state index in [1.165, 1.54) is 0 Å². The molecule has 0 radical (unpaired) electrons. The van der Waals surface area contributed by atoms with E-state index in [1.807, 2.05) is 13.0 Å². The summed E-state index contributed by atoms with van der Waals surface area (Å²) in [5, 5.41) is 0.404. The second kappa shape index (κ2) is 7.39. The van der Waals surface area contributed by atoms with Crippen LogP contribution in [0.3, 0.4) is 0 Å². The minimum Gasteiger partial charge on any atom is -0.345 e. The number of aryl methyl sites for hydroxylation is 1. The van der Waals surface area contributed by atoms with Crippen LogP contribution in [-0.4, -0.2) is 29.4 Å². The average molecular weight is 398 g/mol. The van der Waals surface area contributed by atoms with Crippen LogP contribution in [0.1, 0.15) is 53.6 Å². The van der Waals surface area contributed by atoms with Gasteiger partial charge in [-0.25, -0.2) is 13.4 Å². The van der Waals surface area contributed by atoms with Gasteiger partial charge in [0.05, 0.1) is 5.25 Å². The number of nitrogens with one attached hydrogen (secondary N) is 2. The van der Waals surface area contributed by atoms with Gasteiger partial charge in [0.15, 0.2) is 5.78 Å². The van der Waals surface area contributed by atoms with Crippen LogP contribution in [0.5, 0.6) is 0 Å². The van der Waals surface area contributed by atoms with E-state index in [0.717, 1.165) is 30.2 Å². The first-order chi connectivity index (χ1) is 13.4. The second-order valence-electron chi connectivity index (χ2n) is 7.43. The van der Waals surface area contributed by atoms with Gasteiger partial charge in [0.1, 0.15) is 5.65 Å². The van der Waals surface area contributed by atoms with Crippen molar-refractivity contribution in [1.29, 1.82) is 0 Å². The summed E-state index contributed by atoms with van der Waals surface area (Å²) in [6.45, 7) is 1.92. The summed E-state index contributed by atoms with van der Waals surface area (Å²) in [4.78, 5) is 20.3. The Kier molecular flexibility index (Phi) is 4.93. The van der Waals surface area contributed by atoms with E-state index in [4.69, 9.17) is 0 Å². The highest BCUT2D eigenvalue weighted by Crippen LogP contribution is 2.26. The quantitative estimate of drug-likeness (QED) is 0.632. The first-order valence-corrected chi connectivity index (χ1v) is 11.1. The molecule has 0 aliphatic heterocycles. The lowest BCUT2D eigenvalue weighted by Crippen LogP contribution is -2.29. The van der Waals surface area contributed by atoms with Gasteiger partial charge in [0.25, 0.3) is 0 Å². The Morgan fingerprint density at radius 2 is 1.96 bits per heavy atom. The molecular weight excluding hydrogens is 374 g/mol. The van der Waals surface area contributed by atoms with Gasteiger partial charge >= 0.3 is 0 Å². The molecule has 3 aromatic rings. The molecule has 6 nitrogen and oxygen atoms in total. The molecule has 4 rings (SSSR count). The predicted molar refractivity (Wildman–Crippen MR) is 110 cm³/mol. The molecule has 2 N–H and O–H groups in total. The van der Waals surface area contributed by atoms with Gasteiger partial charge < -0.3 is 4.98 Å². The third-order valence-corrected chi connectivity index (χ3v) is 7.16. The van der Waals surface area contributed by atoms with Crippen LogP contribution in [-0.2, 0) is 10.0 Å². The van der Waals surface area contributed by atoms with E-state index in [9.17, 15) is 13.2 Å². The minimum absolute atomic E-state index is 0.169. The summed E-state index contributed by atoms with van der Waals surface area (Å²) >= 11 is 0. The topological polar surface area (TPSA) is 91.9 Å². The van der Waals surface area contributed by atoms with E-state index in [0.29, 0.717) is 35.3 Å². The van der Waals surface area contributed by atoms with Crippen molar-refractivity contribution in [3.63, 3.8) is 0 Å². The zero-order valence-electron chi connectivity index (χ0n) is 15.7. The summed E-state index contributed by atoms with van der Waals surface area (Å²) in [5.41, 5.74) is 3.01. The fourth-order valence-electron chi connectivity index (χ4n) is 3.80. The van der Waals surface area contributed by atoms with Crippen molar-refractivity contribution in [3.05, 3.63) is 59.4 Å². The molecular formula is C21H23N3O3S. The number of nitrogens with zero attached hydrogens (tertiary/aromatic N) is 1. The number of benzene rings is 1. The molecule has 0 atom stereocenters. The summed E-state index contributed by atoms with van der Waals surface area (Å²) in [6.07, 6.45) is 7.75. The fourth-order valence-corrected chi connectivity index (χ4v) is 5.37. The van der Waals surface area contributed by atoms with Crippen LogP contribution in [0.2, 0.25) is 0 Å². The number of anilines is 1. The molecule has 1 saturated carbocycles. The van der Waals surface area contributed by atoms with Crippen LogP contribution >= 0.6 is 0 Å². The van der Waals surface area contributed by atoms with Crippen molar-refractivity contribution in [2.75, 3.05) is 4.72 Å². The third kappa shape index (κ3) is 3.67. The molecule has 2 aromatic heterocycles. The molecule has 146 valence electrons. The Morgan fingerprint density at radius 3 is 2.75 bits per heavy atom. The molecule has 0 bridgehead atoms. The molecule has 1 fully saturated rings. The Bertz CT molecular complexity index is 1130. The Hall–Kier alpha value is -2.67. The number of aromatic nitrogens is 2. The third-order valence-electron chi connectivity index (χ3n) is 5.29. The second-order valence-corrected chi connectivity index (χ2v) is 9.39. The minimum atomic E-state index is -3.45. The van der Waals surface area contributed by atoms with Crippen molar-refractivity contribution in [2.24, 2.45) is 0 Å². The van der Waals surface area contributed by atoms with Crippen molar-refractivity contribution < 1.29 is 13.2 Å². The van der Waals surface area contributed by atoms with Crippen molar-refractivity contribution >= 4 is 32.5 Å². The standard InChI is InChI=1S/C21H23N3O3S/c1-14-10-18-19(13-23-21(18)22-12-14)20(25)15-6-5-7-16(11-15)24-28(26,27)17-8-3-2-4-9-17/h5-7,10-13,17,24H,2-4,8-9H2,1H3,(H,22,23). The fraction of sp³-hybridized carbons (Fsp3) is 0.333. The molecule has 1 aliphatic carbocycles. The maximum atomic E-state index is 13.0. The molecule has 0 spiro atoms. The lowest BCUT2D eigenvalue weighted by atomic mass is 10.0. The summed E-state index contributed by atoms with van der Waals surface area (Å²) < 4.78 is 28.0. The van der Waals surface area contributed by atoms with E-state index >= 15 is 0 Å². The van der Waals surface area contributed by atoms with Gasteiger partial charge in [-0.1, -0.05) is 31.4 Å². The highest BCUT2D eigenvalue weighted by molar-refractivity contribution is 7.93. The summed E-state index contributed by atoms with van der Waals surface area (Å²) in [7, 11) is -3.45. The Labute approximate surface area is 164 Å². The van der Waals surface area contributed by atoms with Crippen molar-refractivity contribution in [1.82, 2.24) is 9.97 Å². The van der Waals surface area contributed by atoms with Gasteiger partial charge in [-0.2, -0.15) is 0 Å². The van der Waals surface area contributed by atoms with Gasteiger partial charge in [0.2, 0.25) is 10.0 Å². The average Bonchev–Trinajstić information content (AvgIpc) is 3.11. The highest BCUT2D eigenvalue weighted by atomic mass is 32.2. The van der Waals surface area contributed by atoms with Gasteiger partial charge in [-0.3, -0.25) is 9.52 Å². The van der Waals surface area contributed by atoms with Crippen LogP contribution in [0.15, 0.2) is 42.7 Å². The van der Waals surface area contributed by atoms with Gasteiger partial charge in [-0.15, -0.1) is 0 Å². The summed E-state index contributed by atoms with van der Waals surface area (Å²) in [5.74, 6) is -0.169. The number of hydrogen-bond donors (Lipinski definition) is 2. The Morgan fingerprint density at radius 1 is 1.18 bits per heavy atom. The molecule has 0 amide bonds. The number of H-pyrrole nitrogens is 1. The zero-order valence-corrected chi connectivity index (χ0v) is 16.6. The maximum absolute atomic E-state index is 13.0. The van der Waals surface area contributed by atoms with Crippen LogP contribution in [0.25, 0.3) is 11.0 Å². The molecule has 7 heteroatoms. The van der Waals surface area contributed by atoms with Crippen LogP contribution < -0.4 is 4.72 Å². The van der Waals surface area contributed by atoms with Crippen LogP contribution in [0, 0.1) is 6.92 Å². The van der Waals surface area contributed by atoms with Crippen molar-refractivity contribution in [3.8, 4) is 0 Å². The van der Waals surface area contributed by atoms with Crippen molar-refractivity contribution in [2.45, 2.75) is 44.3 Å². The number of rotatable bonds is 5. The van der Waals surface area contributed by atoms with E-state index in [-0.39, 0.29) is 11.0 Å². The van der Waals surface area contributed by atoms with Gasteiger partial charge in [-0.05, 0) is 43.5 Å². The normalized spacial score (nSPS) is 15.6. The largest absolute Gasteiger partial charge is 0.345 e. The van der Waals surface area contributed by atoms with Crippen LogP contribution in [0.4, 0.5) is 5.69 Å². The summed E-state index contributed by atoms with van der Waals surface area (Å²) in [6, 6.07) is 8.59. The molecule has 28 heavy (non-hydrogen) atoms. The number of ketones is 1. The van der Waals surface area contributed by atoms with E-state index in [1.54, 1.807) is 36.7 Å². The monoisotopic (exact) mass is 397 g/mol. The molecule has 1 aliphatic rings. The lowest BCUT2D eigenvalue weighted by Gasteiger charge is -2.22. The number of fused-ring (bicyclic) bond motifs is 1. The van der Waals surface area contributed by atoms with E-state index in [2.05, 4.69) is 14.7 Å².